The highest BCUT2D eigenvalue weighted by molar-refractivity contribution is 5.37. The highest BCUT2D eigenvalue weighted by Crippen LogP contribution is 2.68. The Morgan fingerprint density at radius 3 is 2.55 bits per heavy atom. The lowest BCUT2D eigenvalue weighted by Gasteiger charge is -2.54. The highest BCUT2D eigenvalue weighted by Gasteiger charge is 2.61. The normalized spacial score (nSPS) is 50.4. The first-order valence-electron chi connectivity index (χ1n) is 13.0. The third kappa shape index (κ3) is 3.09. The summed E-state index contributed by atoms with van der Waals surface area (Å²) in [5.41, 5.74) is 4.50. The molecule has 1 heterocycles. The number of hydrogen-bond donors (Lipinski definition) is 1. The maximum absolute atomic E-state index is 6.17. The topological polar surface area (TPSA) is 24.5 Å². The van der Waals surface area contributed by atoms with E-state index in [-0.39, 0.29) is 11.6 Å². The second-order valence-corrected chi connectivity index (χ2v) is 12.7. The van der Waals surface area contributed by atoms with Gasteiger partial charge in [0.15, 0.2) is 0 Å². The van der Waals surface area contributed by atoms with Gasteiger partial charge in [-0.15, -0.1) is 0 Å². The Morgan fingerprint density at radius 2 is 1.81 bits per heavy atom. The number of fused-ring (bicyclic) bond motifs is 6. The molecule has 174 valence electrons. The largest absolute Gasteiger partial charge is 0.363 e. The molecule has 1 aliphatic heterocycles. The summed E-state index contributed by atoms with van der Waals surface area (Å²) in [5.74, 6) is 2.19. The Balaban J connectivity index is 1.46. The average Bonchev–Trinajstić information content (AvgIpc) is 2.87. The maximum Gasteiger partial charge on any atom is 0.105 e. The summed E-state index contributed by atoms with van der Waals surface area (Å²) >= 11 is 0. The molecule has 5 rings (SSSR count). The summed E-state index contributed by atoms with van der Waals surface area (Å²) in [4.78, 5) is 2.46. The number of nitrogens with zero attached hydrogens (tertiary/aromatic N) is 1. The fraction of sp³-hybridized carbons (Fsp3) is 0.857. The van der Waals surface area contributed by atoms with Gasteiger partial charge in [0.2, 0.25) is 0 Å². The Kier molecular flexibility index (Phi) is 5.32. The van der Waals surface area contributed by atoms with E-state index in [0.29, 0.717) is 28.8 Å². The Hall–Kier alpha value is -0.640. The molecule has 4 aliphatic carbocycles. The molecule has 0 aromatic heterocycles. The van der Waals surface area contributed by atoms with E-state index in [2.05, 4.69) is 71.1 Å². The summed E-state index contributed by atoms with van der Waals surface area (Å²) in [6.07, 6.45) is 14.8. The lowest BCUT2D eigenvalue weighted by molar-refractivity contribution is -0.112. The van der Waals surface area contributed by atoms with Crippen LogP contribution in [0.25, 0.3) is 0 Å². The smallest absolute Gasteiger partial charge is 0.105 e. The van der Waals surface area contributed by atoms with Crippen molar-refractivity contribution in [2.45, 2.75) is 97.9 Å². The van der Waals surface area contributed by atoms with E-state index in [1.807, 2.05) is 0 Å². The lowest BCUT2D eigenvalue weighted by atomic mass is 9.51. The minimum atomic E-state index is 0.202. The summed E-state index contributed by atoms with van der Waals surface area (Å²) < 4.78 is 6.17. The zero-order chi connectivity index (χ0) is 22.2. The summed E-state index contributed by atoms with van der Waals surface area (Å²) in [5, 5.41) is 3.79. The minimum Gasteiger partial charge on any atom is -0.363 e. The number of rotatable bonds is 2. The molecule has 2 saturated carbocycles. The van der Waals surface area contributed by atoms with Crippen LogP contribution in [-0.2, 0) is 4.74 Å². The van der Waals surface area contributed by atoms with Gasteiger partial charge in [-0.2, -0.15) is 0 Å². The predicted molar refractivity (Wildman–Crippen MR) is 129 cm³/mol. The van der Waals surface area contributed by atoms with Gasteiger partial charge >= 0.3 is 0 Å². The predicted octanol–water partition coefficient (Wildman–Crippen LogP) is 5.78. The maximum atomic E-state index is 6.17. The molecule has 3 fully saturated rings. The molecule has 0 spiro atoms. The van der Waals surface area contributed by atoms with Crippen molar-refractivity contribution >= 4 is 0 Å². The van der Waals surface area contributed by atoms with Crippen LogP contribution in [0.4, 0.5) is 0 Å². The van der Waals surface area contributed by atoms with Gasteiger partial charge in [0.25, 0.3) is 0 Å². The van der Waals surface area contributed by atoms with E-state index in [1.165, 1.54) is 44.9 Å². The average molecular weight is 427 g/mol. The minimum absolute atomic E-state index is 0.202. The molecule has 0 aromatic rings. The van der Waals surface area contributed by atoms with E-state index in [4.69, 9.17) is 4.74 Å². The standard InChI is InChI=1S/C28H46N2O/c1-18(30(6)7)22-13-15-28(5)24-10-9-23-20(16-21(24)12-14-27(22,28)4)8-11-25-26(23,3)17-31-19(2)29-25/h12,16,18-19,22-25,29H,8-11,13-15,17H2,1-7H3/t18-,19-,22+,23+,24+,25?,26-,27+,28-/m0/s1. The Labute approximate surface area is 191 Å². The molecule has 31 heavy (non-hydrogen) atoms. The highest BCUT2D eigenvalue weighted by atomic mass is 16.5. The first-order valence-corrected chi connectivity index (χ1v) is 13.0. The van der Waals surface area contributed by atoms with Crippen molar-refractivity contribution in [1.82, 2.24) is 10.2 Å². The molecule has 0 radical (unpaired) electrons. The van der Waals surface area contributed by atoms with Crippen molar-refractivity contribution in [2.75, 3.05) is 20.7 Å². The first-order chi connectivity index (χ1) is 14.6. The quantitative estimate of drug-likeness (QED) is 0.606. The summed E-state index contributed by atoms with van der Waals surface area (Å²) in [6, 6.07) is 1.26. The fourth-order valence-corrected chi connectivity index (χ4v) is 8.89. The van der Waals surface area contributed by atoms with Gasteiger partial charge in [-0.3, -0.25) is 5.32 Å². The molecule has 1 unspecified atom stereocenters. The zero-order valence-electron chi connectivity index (χ0n) is 21.1. The van der Waals surface area contributed by atoms with Crippen LogP contribution in [0.5, 0.6) is 0 Å². The Morgan fingerprint density at radius 1 is 1.06 bits per heavy atom. The first kappa shape index (κ1) is 22.2. The van der Waals surface area contributed by atoms with Gasteiger partial charge in [0.05, 0.1) is 6.61 Å². The molecule has 0 bridgehead atoms. The van der Waals surface area contributed by atoms with Gasteiger partial charge in [-0.1, -0.05) is 38.5 Å². The monoisotopic (exact) mass is 426 g/mol. The second kappa shape index (κ2) is 7.43. The Bertz CT molecular complexity index is 786. The number of allylic oxidation sites excluding steroid dienone is 4. The number of nitrogens with one attached hydrogen (secondary N) is 1. The van der Waals surface area contributed by atoms with Gasteiger partial charge in [-0.05, 0) is 107 Å². The van der Waals surface area contributed by atoms with Crippen LogP contribution in [0.1, 0.15) is 79.6 Å². The number of ether oxygens (including phenoxy) is 1. The van der Waals surface area contributed by atoms with Crippen LogP contribution in [-0.4, -0.2) is 43.9 Å². The van der Waals surface area contributed by atoms with Crippen LogP contribution in [0.15, 0.2) is 23.3 Å². The molecule has 1 saturated heterocycles. The van der Waals surface area contributed by atoms with Gasteiger partial charge in [0.1, 0.15) is 6.23 Å². The van der Waals surface area contributed by atoms with E-state index in [1.54, 1.807) is 11.1 Å². The van der Waals surface area contributed by atoms with E-state index in [9.17, 15) is 0 Å². The van der Waals surface area contributed by atoms with Crippen molar-refractivity contribution in [3.63, 3.8) is 0 Å². The van der Waals surface area contributed by atoms with E-state index >= 15 is 0 Å². The molecule has 1 N–H and O–H groups in total. The third-order valence-corrected chi connectivity index (χ3v) is 11.4. The van der Waals surface area contributed by atoms with Gasteiger partial charge in [0, 0.05) is 17.5 Å². The molecule has 9 atom stereocenters. The molecule has 5 aliphatic rings. The molecular formula is C28H46N2O. The SMILES string of the molecule is C[C@H]1NC2CCC3=CC4=CC[C@]5(C)[C@@H]([C@H](C)N(C)C)CC[C@@]5(C)[C@@H]4CC[C@H]3[C@]2(C)CO1. The molecule has 0 aromatic carbocycles. The molecule has 3 nitrogen and oxygen atoms in total. The van der Waals surface area contributed by atoms with Gasteiger partial charge in [-0.25, -0.2) is 0 Å². The second-order valence-electron chi connectivity index (χ2n) is 12.7. The van der Waals surface area contributed by atoms with Crippen molar-refractivity contribution in [3.05, 3.63) is 23.3 Å². The van der Waals surface area contributed by atoms with Crippen LogP contribution in [0, 0.1) is 34.0 Å². The van der Waals surface area contributed by atoms with Crippen LogP contribution < -0.4 is 5.32 Å². The van der Waals surface area contributed by atoms with Crippen LogP contribution >= 0.6 is 0 Å². The molecule has 0 amide bonds. The van der Waals surface area contributed by atoms with E-state index < -0.39 is 0 Å². The van der Waals surface area contributed by atoms with Crippen molar-refractivity contribution in [3.8, 4) is 0 Å². The lowest BCUT2D eigenvalue weighted by Crippen LogP contribution is -2.60. The van der Waals surface area contributed by atoms with Crippen LogP contribution in [0.3, 0.4) is 0 Å². The van der Waals surface area contributed by atoms with Crippen molar-refractivity contribution in [2.24, 2.45) is 34.0 Å². The summed E-state index contributed by atoms with van der Waals surface area (Å²) in [7, 11) is 4.54. The van der Waals surface area contributed by atoms with Crippen molar-refractivity contribution < 1.29 is 4.74 Å². The third-order valence-electron chi connectivity index (χ3n) is 11.4. The molecule has 3 heteroatoms. The van der Waals surface area contributed by atoms with E-state index in [0.717, 1.165) is 18.4 Å². The zero-order valence-corrected chi connectivity index (χ0v) is 21.1. The van der Waals surface area contributed by atoms with Gasteiger partial charge < -0.3 is 9.64 Å². The number of hydrogen-bond acceptors (Lipinski definition) is 3. The molecular weight excluding hydrogens is 380 g/mol. The van der Waals surface area contributed by atoms with Crippen LogP contribution in [0.2, 0.25) is 0 Å². The summed E-state index contributed by atoms with van der Waals surface area (Å²) in [6.45, 7) is 13.4. The fourth-order valence-electron chi connectivity index (χ4n) is 8.89. The van der Waals surface area contributed by atoms with Crippen molar-refractivity contribution in [1.29, 1.82) is 0 Å².